The number of aryl methyl sites for hydroxylation is 2. The summed E-state index contributed by atoms with van der Waals surface area (Å²) in [6, 6.07) is 3.14. The number of carbonyl (C=O) groups is 1. The molecule has 1 heterocycles. The lowest BCUT2D eigenvalue weighted by Crippen LogP contribution is -2.17. The minimum absolute atomic E-state index is 0.185. The predicted molar refractivity (Wildman–Crippen MR) is 62.4 cm³/mol. The third-order valence-corrected chi connectivity index (χ3v) is 3.47. The van der Waals surface area contributed by atoms with Gasteiger partial charge in [-0.25, -0.2) is 4.39 Å². The molecule has 2 rings (SSSR count). The van der Waals surface area contributed by atoms with Crippen LogP contribution in [0.5, 0.6) is 0 Å². The highest BCUT2D eigenvalue weighted by atomic mass is 19.1. The average molecular weight is 237 g/mol. The van der Waals surface area contributed by atoms with Gasteiger partial charge in [-0.15, -0.1) is 0 Å². The zero-order chi connectivity index (χ0) is 12.6. The van der Waals surface area contributed by atoms with E-state index in [1.165, 1.54) is 6.07 Å². The Hall–Kier alpha value is -1.42. The van der Waals surface area contributed by atoms with E-state index in [1.807, 2.05) is 19.9 Å². The van der Waals surface area contributed by atoms with Gasteiger partial charge >= 0.3 is 5.97 Å². The normalized spacial score (nSPS) is 23.9. The smallest absolute Gasteiger partial charge is 0.307 e. The van der Waals surface area contributed by atoms with Gasteiger partial charge in [0.05, 0.1) is 5.92 Å². The molecule has 0 amide bonds. The Kier molecular flexibility index (Phi) is 3.15. The highest BCUT2D eigenvalue weighted by Gasteiger charge is 2.31. The molecule has 0 aromatic heterocycles. The molecule has 0 aliphatic carbocycles. The molecule has 2 unspecified atom stereocenters. The second kappa shape index (κ2) is 4.45. The first-order valence-electron chi connectivity index (χ1n) is 5.72. The van der Waals surface area contributed by atoms with Crippen LogP contribution in [0.4, 0.5) is 4.39 Å². The van der Waals surface area contributed by atoms with Gasteiger partial charge in [0.1, 0.15) is 5.82 Å². The Morgan fingerprint density at radius 3 is 2.65 bits per heavy atom. The predicted octanol–water partition coefficient (Wildman–Crippen LogP) is 2.18. The van der Waals surface area contributed by atoms with Gasteiger partial charge < -0.3 is 10.4 Å². The third kappa shape index (κ3) is 2.31. The molecule has 92 valence electrons. The van der Waals surface area contributed by atoms with E-state index < -0.39 is 11.9 Å². The van der Waals surface area contributed by atoms with Gasteiger partial charge in [-0.1, -0.05) is 6.07 Å². The number of hydrogen-bond donors (Lipinski definition) is 2. The van der Waals surface area contributed by atoms with Crippen LogP contribution in [0.15, 0.2) is 12.1 Å². The fourth-order valence-corrected chi connectivity index (χ4v) is 2.23. The van der Waals surface area contributed by atoms with Crippen LogP contribution in [0, 0.1) is 25.6 Å². The summed E-state index contributed by atoms with van der Waals surface area (Å²) in [6.45, 7) is 4.21. The number of nitrogens with one attached hydrogen (secondary N) is 1. The lowest BCUT2D eigenvalue weighted by atomic mass is 9.96. The second-order valence-corrected chi connectivity index (χ2v) is 4.69. The molecule has 0 saturated carbocycles. The molecular weight excluding hydrogens is 221 g/mol. The SMILES string of the molecule is Cc1cc(F)c(C2CC(C(=O)O)CN2)cc1C. The number of rotatable bonds is 2. The number of hydrogen-bond acceptors (Lipinski definition) is 2. The Balaban J connectivity index is 2.24. The monoisotopic (exact) mass is 237 g/mol. The van der Waals surface area contributed by atoms with Crippen molar-refractivity contribution in [3.8, 4) is 0 Å². The first-order valence-corrected chi connectivity index (χ1v) is 5.72. The fourth-order valence-electron chi connectivity index (χ4n) is 2.23. The summed E-state index contributed by atoms with van der Waals surface area (Å²) in [5.41, 5.74) is 2.53. The highest BCUT2D eigenvalue weighted by molar-refractivity contribution is 5.70. The van der Waals surface area contributed by atoms with Crippen LogP contribution < -0.4 is 5.32 Å². The molecule has 17 heavy (non-hydrogen) atoms. The third-order valence-electron chi connectivity index (χ3n) is 3.47. The summed E-state index contributed by atoms with van der Waals surface area (Å²) in [6.07, 6.45) is 0.453. The first-order chi connectivity index (χ1) is 7.99. The van der Waals surface area contributed by atoms with Gasteiger partial charge in [-0.05, 0) is 37.5 Å². The van der Waals surface area contributed by atoms with E-state index in [2.05, 4.69) is 5.32 Å². The molecule has 1 aliphatic rings. The van der Waals surface area contributed by atoms with Gasteiger partial charge in [0, 0.05) is 18.2 Å². The molecule has 1 aromatic carbocycles. The standard InChI is InChI=1S/C13H16FNO2/c1-7-3-10(11(14)4-8(7)2)12-5-9(6-15-12)13(16)17/h3-4,9,12,15H,5-6H2,1-2H3,(H,16,17). The van der Waals surface area contributed by atoms with Crippen molar-refractivity contribution in [2.75, 3.05) is 6.54 Å². The molecule has 4 heteroatoms. The number of halogens is 1. The molecule has 0 bridgehead atoms. The number of carboxylic acids is 1. The maximum absolute atomic E-state index is 13.8. The van der Waals surface area contributed by atoms with E-state index in [0.29, 0.717) is 18.5 Å². The Morgan fingerprint density at radius 2 is 2.06 bits per heavy atom. The molecule has 0 radical (unpaired) electrons. The number of aliphatic carboxylic acids is 1. The Morgan fingerprint density at radius 1 is 1.41 bits per heavy atom. The molecule has 2 N–H and O–H groups in total. The summed E-state index contributed by atoms with van der Waals surface area (Å²) in [5.74, 6) is -1.48. The first kappa shape index (κ1) is 12.0. The van der Waals surface area contributed by atoms with Gasteiger partial charge in [0.25, 0.3) is 0 Å². The van der Waals surface area contributed by atoms with E-state index >= 15 is 0 Å². The van der Waals surface area contributed by atoms with E-state index in [9.17, 15) is 9.18 Å². The second-order valence-electron chi connectivity index (χ2n) is 4.69. The Labute approximate surface area is 99.7 Å². The lowest BCUT2D eigenvalue weighted by molar-refractivity contribution is -0.141. The topological polar surface area (TPSA) is 49.3 Å². The minimum atomic E-state index is -0.816. The van der Waals surface area contributed by atoms with Crippen LogP contribution in [0.2, 0.25) is 0 Å². The molecule has 1 saturated heterocycles. The zero-order valence-corrected chi connectivity index (χ0v) is 9.96. The quantitative estimate of drug-likeness (QED) is 0.828. The van der Waals surface area contributed by atoms with Crippen molar-refractivity contribution in [3.05, 3.63) is 34.6 Å². The highest BCUT2D eigenvalue weighted by Crippen LogP contribution is 2.30. The van der Waals surface area contributed by atoms with Crippen LogP contribution in [-0.2, 0) is 4.79 Å². The lowest BCUT2D eigenvalue weighted by Gasteiger charge is -2.14. The zero-order valence-electron chi connectivity index (χ0n) is 9.96. The number of benzene rings is 1. The van der Waals surface area contributed by atoms with Gasteiger partial charge in [-0.3, -0.25) is 4.79 Å². The maximum Gasteiger partial charge on any atom is 0.307 e. The summed E-state index contributed by atoms with van der Waals surface area (Å²) in [7, 11) is 0. The maximum atomic E-state index is 13.8. The van der Waals surface area contributed by atoms with Gasteiger partial charge in [0.2, 0.25) is 0 Å². The molecule has 1 aliphatic heterocycles. The van der Waals surface area contributed by atoms with Crippen LogP contribution in [0.25, 0.3) is 0 Å². The summed E-state index contributed by atoms with van der Waals surface area (Å²) in [4.78, 5) is 10.9. The van der Waals surface area contributed by atoms with Crippen molar-refractivity contribution in [2.45, 2.75) is 26.3 Å². The van der Waals surface area contributed by atoms with E-state index in [1.54, 1.807) is 0 Å². The van der Waals surface area contributed by atoms with Crippen molar-refractivity contribution >= 4 is 5.97 Å². The van der Waals surface area contributed by atoms with E-state index in [4.69, 9.17) is 5.11 Å². The molecule has 2 atom stereocenters. The van der Waals surface area contributed by atoms with Crippen molar-refractivity contribution in [1.82, 2.24) is 5.32 Å². The van der Waals surface area contributed by atoms with Gasteiger partial charge in [0.15, 0.2) is 0 Å². The summed E-state index contributed by atoms with van der Waals surface area (Å²) < 4.78 is 13.8. The van der Waals surface area contributed by atoms with Crippen LogP contribution in [0.1, 0.15) is 29.2 Å². The minimum Gasteiger partial charge on any atom is -0.481 e. The molecular formula is C13H16FNO2. The summed E-state index contributed by atoms with van der Waals surface area (Å²) >= 11 is 0. The Bertz CT molecular complexity index is 459. The molecule has 3 nitrogen and oxygen atoms in total. The van der Waals surface area contributed by atoms with E-state index in [-0.39, 0.29) is 11.9 Å². The van der Waals surface area contributed by atoms with Crippen LogP contribution in [-0.4, -0.2) is 17.6 Å². The average Bonchev–Trinajstić information content (AvgIpc) is 2.72. The van der Waals surface area contributed by atoms with E-state index in [0.717, 1.165) is 11.1 Å². The van der Waals surface area contributed by atoms with Crippen molar-refractivity contribution in [2.24, 2.45) is 5.92 Å². The van der Waals surface area contributed by atoms with Crippen molar-refractivity contribution < 1.29 is 14.3 Å². The van der Waals surface area contributed by atoms with Crippen LogP contribution >= 0.6 is 0 Å². The molecule has 0 spiro atoms. The van der Waals surface area contributed by atoms with Crippen LogP contribution in [0.3, 0.4) is 0 Å². The largest absolute Gasteiger partial charge is 0.481 e. The molecule has 1 fully saturated rings. The number of carboxylic acid groups (broad SMARTS) is 1. The van der Waals surface area contributed by atoms with Crippen molar-refractivity contribution in [3.63, 3.8) is 0 Å². The van der Waals surface area contributed by atoms with Crippen molar-refractivity contribution in [1.29, 1.82) is 0 Å². The summed E-state index contributed by atoms with van der Waals surface area (Å²) in [5, 5.41) is 12.0. The fraction of sp³-hybridized carbons (Fsp3) is 0.462. The molecule has 1 aromatic rings. The van der Waals surface area contributed by atoms with Gasteiger partial charge in [-0.2, -0.15) is 0 Å².